The van der Waals surface area contributed by atoms with Crippen molar-refractivity contribution in [3.05, 3.63) is 39.9 Å². The summed E-state index contributed by atoms with van der Waals surface area (Å²) in [6.07, 6.45) is 6.34. The topological polar surface area (TPSA) is 88.6 Å². The fourth-order valence-electron chi connectivity index (χ4n) is 4.91. The van der Waals surface area contributed by atoms with Crippen molar-refractivity contribution in [2.75, 3.05) is 11.4 Å². The molecule has 4 fully saturated rings. The molecule has 2 aromatic rings. The van der Waals surface area contributed by atoms with Crippen LogP contribution in [0.15, 0.2) is 23.1 Å². The zero-order chi connectivity index (χ0) is 18.9. The van der Waals surface area contributed by atoms with E-state index in [9.17, 15) is 14.7 Å². The second-order valence-corrected chi connectivity index (χ2v) is 8.20. The Morgan fingerprint density at radius 1 is 1.22 bits per heavy atom. The Morgan fingerprint density at radius 2 is 2.00 bits per heavy atom. The lowest BCUT2D eigenvalue weighted by Crippen LogP contribution is -2.59. The molecule has 1 aromatic carbocycles. The Labute approximate surface area is 155 Å². The van der Waals surface area contributed by atoms with E-state index < -0.39 is 17.2 Å². The molecule has 27 heavy (non-hydrogen) atoms. The van der Waals surface area contributed by atoms with Crippen LogP contribution < -0.4 is 16.1 Å². The van der Waals surface area contributed by atoms with Gasteiger partial charge in [0.25, 0.3) is 0 Å². The van der Waals surface area contributed by atoms with Gasteiger partial charge in [-0.05, 0) is 50.2 Å². The van der Waals surface area contributed by atoms with Crippen molar-refractivity contribution in [3.8, 4) is 0 Å². The van der Waals surface area contributed by atoms with Gasteiger partial charge in [-0.1, -0.05) is 0 Å². The van der Waals surface area contributed by atoms with Gasteiger partial charge in [0.2, 0.25) is 5.43 Å². The average Bonchev–Trinajstić information content (AvgIpc) is 3.47. The van der Waals surface area contributed by atoms with Crippen LogP contribution in [0.4, 0.5) is 10.1 Å². The Bertz CT molecular complexity index is 1010. The van der Waals surface area contributed by atoms with Crippen molar-refractivity contribution in [2.45, 2.75) is 50.2 Å². The summed E-state index contributed by atoms with van der Waals surface area (Å²) in [6, 6.07) is 3.26. The lowest BCUT2D eigenvalue weighted by molar-refractivity contribution is 0.0695. The molecule has 3 heterocycles. The van der Waals surface area contributed by atoms with E-state index in [1.807, 2.05) is 4.57 Å². The molecule has 0 radical (unpaired) electrons. The number of hydrogen-bond donors (Lipinski definition) is 2. The van der Waals surface area contributed by atoms with E-state index in [0.717, 1.165) is 38.6 Å². The van der Waals surface area contributed by atoms with Crippen LogP contribution in [-0.2, 0) is 0 Å². The van der Waals surface area contributed by atoms with Crippen LogP contribution >= 0.6 is 0 Å². The number of carboxylic acid groups (broad SMARTS) is 1. The van der Waals surface area contributed by atoms with Gasteiger partial charge in [-0.15, -0.1) is 0 Å². The highest BCUT2D eigenvalue weighted by Gasteiger charge is 2.40. The van der Waals surface area contributed by atoms with Crippen LogP contribution in [0.3, 0.4) is 0 Å². The number of nitrogens with zero attached hydrogens (tertiary/aromatic N) is 2. The number of anilines is 1. The molecule has 2 aliphatic heterocycles. The first-order valence-electron chi connectivity index (χ1n) is 9.58. The van der Waals surface area contributed by atoms with E-state index in [1.165, 1.54) is 12.3 Å². The fraction of sp³-hybridized carbons (Fsp3) is 0.500. The third kappa shape index (κ3) is 2.56. The Kier molecular flexibility index (Phi) is 3.59. The highest BCUT2D eigenvalue weighted by Crippen LogP contribution is 2.41. The molecule has 0 amide bonds. The van der Waals surface area contributed by atoms with Gasteiger partial charge in [-0.2, -0.15) is 0 Å². The van der Waals surface area contributed by atoms with Gasteiger partial charge in [0.15, 0.2) is 0 Å². The fourth-order valence-corrected chi connectivity index (χ4v) is 4.91. The molecule has 2 saturated heterocycles. The predicted molar refractivity (Wildman–Crippen MR) is 99.8 cm³/mol. The summed E-state index contributed by atoms with van der Waals surface area (Å²) in [6.45, 7) is 0.779. The summed E-state index contributed by atoms with van der Waals surface area (Å²) in [7, 11) is 0. The maximum absolute atomic E-state index is 15.0. The number of nitrogens with two attached hydrogens (primary N) is 1. The van der Waals surface area contributed by atoms with Gasteiger partial charge in [0.05, 0.1) is 11.2 Å². The zero-order valence-corrected chi connectivity index (χ0v) is 14.9. The monoisotopic (exact) mass is 371 g/mol. The summed E-state index contributed by atoms with van der Waals surface area (Å²) in [5.41, 5.74) is 6.44. The summed E-state index contributed by atoms with van der Waals surface area (Å²) >= 11 is 0. The van der Waals surface area contributed by atoms with Crippen LogP contribution in [0, 0.1) is 11.7 Å². The van der Waals surface area contributed by atoms with Gasteiger partial charge < -0.3 is 20.3 Å². The Balaban J connectivity index is 1.71. The third-order valence-electron chi connectivity index (χ3n) is 6.41. The van der Waals surface area contributed by atoms with Crippen molar-refractivity contribution in [1.29, 1.82) is 0 Å². The van der Waals surface area contributed by atoms with Gasteiger partial charge in [-0.3, -0.25) is 4.79 Å². The van der Waals surface area contributed by atoms with Crippen molar-refractivity contribution in [1.82, 2.24) is 4.57 Å². The van der Waals surface area contributed by atoms with E-state index in [4.69, 9.17) is 5.73 Å². The molecule has 2 bridgehead atoms. The van der Waals surface area contributed by atoms with Gasteiger partial charge in [-0.25, -0.2) is 9.18 Å². The number of fused-ring (bicyclic) bond motifs is 4. The van der Waals surface area contributed by atoms with Crippen LogP contribution in [0.1, 0.15) is 48.5 Å². The molecule has 6 rings (SSSR count). The second-order valence-electron chi connectivity index (χ2n) is 8.20. The molecular formula is C20H22FN3O3. The summed E-state index contributed by atoms with van der Waals surface area (Å²) in [4.78, 5) is 26.1. The lowest BCUT2D eigenvalue weighted by Gasteiger charge is -2.50. The molecule has 4 aliphatic rings. The zero-order valence-electron chi connectivity index (χ0n) is 14.9. The number of hydrogen-bond acceptors (Lipinski definition) is 4. The van der Waals surface area contributed by atoms with E-state index in [0.29, 0.717) is 17.1 Å². The molecule has 0 spiro atoms. The minimum Gasteiger partial charge on any atom is -0.477 e. The van der Waals surface area contributed by atoms with Gasteiger partial charge in [0, 0.05) is 36.3 Å². The molecule has 3 unspecified atom stereocenters. The van der Waals surface area contributed by atoms with E-state index in [-0.39, 0.29) is 29.1 Å². The smallest absolute Gasteiger partial charge is 0.341 e. The molecule has 142 valence electrons. The normalized spacial score (nSPS) is 27.3. The molecule has 1 aromatic heterocycles. The molecule has 6 nitrogen and oxygen atoms in total. The SMILES string of the molecule is NC1CC2CCC1N(c1cc3c(cc1F)c(=O)c(C(=O)O)cn3C1CC1)C2. The maximum atomic E-state index is 15.0. The van der Waals surface area contributed by atoms with E-state index in [2.05, 4.69) is 4.90 Å². The number of pyridine rings is 1. The van der Waals surface area contributed by atoms with Crippen LogP contribution in [0.25, 0.3) is 10.9 Å². The molecule has 7 heteroatoms. The van der Waals surface area contributed by atoms with E-state index in [1.54, 1.807) is 6.07 Å². The second kappa shape index (κ2) is 5.79. The van der Waals surface area contributed by atoms with E-state index >= 15 is 4.39 Å². The number of carbonyl (C=O) groups is 1. The number of piperidine rings is 2. The van der Waals surface area contributed by atoms with Crippen LogP contribution in [-0.4, -0.2) is 34.3 Å². The maximum Gasteiger partial charge on any atom is 0.341 e. The molecular weight excluding hydrogens is 349 g/mol. The van der Waals surface area contributed by atoms with Crippen molar-refractivity contribution in [2.24, 2.45) is 11.7 Å². The van der Waals surface area contributed by atoms with Crippen LogP contribution in [0.5, 0.6) is 0 Å². The highest BCUT2D eigenvalue weighted by molar-refractivity contribution is 5.93. The van der Waals surface area contributed by atoms with Crippen molar-refractivity contribution >= 4 is 22.6 Å². The summed E-state index contributed by atoms with van der Waals surface area (Å²) < 4.78 is 16.9. The third-order valence-corrected chi connectivity index (χ3v) is 6.41. The number of rotatable bonds is 3. The van der Waals surface area contributed by atoms with Gasteiger partial charge in [0.1, 0.15) is 11.4 Å². The largest absolute Gasteiger partial charge is 0.477 e. The standard InChI is InChI=1S/C20H22FN3O3/c21-14-6-12-17(23(11-2-3-11)9-13(19(12)25)20(26)27)7-18(14)24-8-10-1-4-16(24)15(22)5-10/h6-7,9-11,15-16H,1-5,8,22H2,(H,26,27). The van der Waals surface area contributed by atoms with Gasteiger partial charge >= 0.3 is 5.97 Å². The highest BCUT2D eigenvalue weighted by atomic mass is 19.1. The number of aromatic carboxylic acids is 1. The average molecular weight is 371 g/mol. The predicted octanol–water partition coefficient (Wildman–Crippen LogP) is 2.49. The molecule has 3 atom stereocenters. The first-order chi connectivity index (χ1) is 12.9. The van der Waals surface area contributed by atoms with Crippen molar-refractivity contribution < 1.29 is 14.3 Å². The summed E-state index contributed by atoms with van der Waals surface area (Å²) in [5, 5.41) is 9.48. The minimum atomic E-state index is -1.28. The molecule has 3 N–H and O–H groups in total. The lowest BCUT2D eigenvalue weighted by atomic mass is 9.76. The first kappa shape index (κ1) is 16.7. The summed E-state index contributed by atoms with van der Waals surface area (Å²) in [5.74, 6) is -1.29. The number of halogens is 1. The first-order valence-corrected chi connectivity index (χ1v) is 9.58. The number of benzene rings is 1. The number of carboxylic acids is 1. The van der Waals surface area contributed by atoms with Crippen molar-refractivity contribution in [3.63, 3.8) is 0 Å². The van der Waals surface area contributed by atoms with Crippen LogP contribution in [0.2, 0.25) is 0 Å². The molecule has 2 saturated carbocycles. The Morgan fingerprint density at radius 3 is 2.63 bits per heavy atom. The minimum absolute atomic E-state index is 0.0348. The number of aromatic nitrogens is 1. The Hall–Kier alpha value is -2.41. The quantitative estimate of drug-likeness (QED) is 0.865. The molecule has 2 aliphatic carbocycles.